The molecule has 1 aromatic carbocycles. The molecule has 7 nitrogen and oxygen atoms in total. The summed E-state index contributed by atoms with van der Waals surface area (Å²) in [6.45, 7) is 0.483. The van der Waals surface area contributed by atoms with Crippen LogP contribution in [0.3, 0.4) is 0 Å². The molecule has 1 aromatic heterocycles. The van der Waals surface area contributed by atoms with Gasteiger partial charge < -0.3 is 14.6 Å². The van der Waals surface area contributed by atoms with Crippen molar-refractivity contribution < 1.29 is 9.21 Å². The molecule has 2 amide bonds. The zero-order chi connectivity index (χ0) is 13.4. The number of hydrogen-bond acceptors (Lipinski definition) is 4. The number of urea groups is 1. The Bertz CT molecular complexity index is 739. The van der Waals surface area contributed by atoms with Crippen LogP contribution >= 0.6 is 0 Å². The topological polar surface area (TPSA) is 102 Å². The highest BCUT2D eigenvalue weighted by molar-refractivity contribution is 5.78. The average molecular weight is 258 g/mol. The van der Waals surface area contributed by atoms with Crippen LogP contribution in [0, 0.1) is 11.3 Å². The highest BCUT2D eigenvalue weighted by Crippen LogP contribution is 2.23. The third-order valence-corrected chi connectivity index (χ3v) is 3.10. The zero-order valence-corrected chi connectivity index (χ0v) is 9.84. The molecular weight excluding hydrogens is 248 g/mol. The van der Waals surface area contributed by atoms with Crippen molar-refractivity contribution in [2.24, 2.45) is 0 Å². The van der Waals surface area contributed by atoms with Gasteiger partial charge in [0, 0.05) is 6.54 Å². The summed E-state index contributed by atoms with van der Waals surface area (Å²) < 4.78 is 4.98. The number of benzene rings is 1. The molecule has 1 aliphatic heterocycles. The first kappa shape index (κ1) is 11.3. The Kier molecular flexibility index (Phi) is 2.49. The molecule has 0 spiro atoms. The molecular formula is C12H10N4O3. The highest BCUT2D eigenvalue weighted by Gasteiger charge is 2.29. The van der Waals surface area contributed by atoms with Crippen LogP contribution in [0.2, 0.25) is 0 Å². The third-order valence-electron chi connectivity index (χ3n) is 3.10. The number of nitriles is 1. The molecule has 19 heavy (non-hydrogen) atoms. The number of fused-ring (bicyclic) bond motifs is 1. The molecule has 0 saturated carbocycles. The number of aromatic amines is 1. The van der Waals surface area contributed by atoms with Crippen LogP contribution in [-0.4, -0.2) is 29.0 Å². The van der Waals surface area contributed by atoms with E-state index < -0.39 is 5.76 Å². The smallest absolute Gasteiger partial charge is 0.408 e. The minimum absolute atomic E-state index is 0.0593. The predicted octanol–water partition coefficient (Wildman–Crippen LogP) is 0.711. The molecule has 3 rings (SSSR count). The minimum Gasteiger partial charge on any atom is -0.408 e. The number of H-pyrrole nitrogens is 1. The molecule has 2 aromatic rings. The predicted molar refractivity (Wildman–Crippen MR) is 65.3 cm³/mol. The van der Waals surface area contributed by atoms with Crippen molar-refractivity contribution in [1.29, 1.82) is 5.26 Å². The lowest BCUT2D eigenvalue weighted by Gasteiger charge is -2.10. The van der Waals surface area contributed by atoms with E-state index in [1.807, 2.05) is 12.1 Å². The van der Waals surface area contributed by atoms with Crippen LogP contribution in [0.5, 0.6) is 0 Å². The number of carbonyl (C=O) groups is 1. The lowest BCUT2D eigenvalue weighted by molar-refractivity contribution is 0.222. The molecule has 1 atom stereocenters. The Morgan fingerprint density at radius 2 is 2.32 bits per heavy atom. The van der Waals surface area contributed by atoms with Gasteiger partial charge in [-0.25, -0.2) is 9.59 Å². The second-order valence-electron chi connectivity index (χ2n) is 4.31. The standard InChI is InChI=1S/C12H10N4O3/c13-3-4-16-6-9(14-11(16)17)7-1-2-8-10(5-7)19-12(18)15-8/h1-2,5,9H,4,6H2,(H,14,17)(H,15,18). The van der Waals surface area contributed by atoms with Gasteiger partial charge in [-0.2, -0.15) is 5.26 Å². The van der Waals surface area contributed by atoms with Gasteiger partial charge >= 0.3 is 11.8 Å². The van der Waals surface area contributed by atoms with E-state index in [1.54, 1.807) is 12.1 Å². The van der Waals surface area contributed by atoms with Gasteiger partial charge in [0.1, 0.15) is 6.54 Å². The molecule has 7 heteroatoms. The van der Waals surface area contributed by atoms with Crippen LogP contribution in [0.25, 0.3) is 11.1 Å². The molecule has 0 radical (unpaired) electrons. The van der Waals surface area contributed by atoms with Gasteiger partial charge in [0.15, 0.2) is 5.58 Å². The number of nitrogens with one attached hydrogen (secondary N) is 2. The molecule has 96 valence electrons. The van der Waals surface area contributed by atoms with Gasteiger partial charge in [0.2, 0.25) is 0 Å². The van der Waals surface area contributed by atoms with Crippen molar-refractivity contribution in [3.63, 3.8) is 0 Å². The molecule has 0 aliphatic carbocycles. The Labute approximate surface area is 107 Å². The highest BCUT2D eigenvalue weighted by atomic mass is 16.4. The number of nitrogens with zero attached hydrogens (tertiary/aromatic N) is 2. The van der Waals surface area contributed by atoms with Gasteiger partial charge in [-0.15, -0.1) is 0 Å². The molecule has 1 saturated heterocycles. The van der Waals surface area contributed by atoms with Crippen LogP contribution in [0.1, 0.15) is 11.6 Å². The number of carbonyl (C=O) groups excluding carboxylic acids is 1. The summed E-state index contributed by atoms with van der Waals surface area (Å²) in [4.78, 5) is 26.7. The lowest BCUT2D eigenvalue weighted by Crippen LogP contribution is -2.28. The van der Waals surface area contributed by atoms with Crippen molar-refractivity contribution in [2.75, 3.05) is 13.1 Å². The second kappa shape index (κ2) is 4.17. The van der Waals surface area contributed by atoms with E-state index >= 15 is 0 Å². The summed E-state index contributed by atoms with van der Waals surface area (Å²) in [6, 6.07) is 6.74. The summed E-state index contributed by atoms with van der Waals surface area (Å²) in [5, 5.41) is 11.4. The van der Waals surface area contributed by atoms with Crippen LogP contribution in [-0.2, 0) is 0 Å². The third kappa shape index (κ3) is 1.93. The summed E-state index contributed by atoms with van der Waals surface area (Å²) in [5.41, 5.74) is 1.91. The monoisotopic (exact) mass is 258 g/mol. The van der Waals surface area contributed by atoms with E-state index in [1.165, 1.54) is 4.90 Å². The lowest BCUT2D eigenvalue weighted by atomic mass is 10.1. The fraction of sp³-hybridized carbons (Fsp3) is 0.250. The normalized spacial score (nSPS) is 18.6. The van der Waals surface area contributed by atoms with Gasteiger partial charge in [-0.3, -0.25) is 4.98 Å². The largest absolute Gasteiger partial charge is 0.417 e. The average Bonchev–Trinajstić information content (AvgIpc) is 2.91. The number of hydrogen-bond donors (Lipinski definition) is 2. The first-order chi connectivity index (χ1) is 9.17. The van der Waals surface area contributed by atoms with Crippen molar-refractivity contribution in [3.8, 4) is 6.07 Å². The van der Waals surface area contributed by atoms with E-state index in [0.29, 0.717) is 17.6 Å². The van der Waals surface area contributed by atoms with E-state index in [0.717, 1.165) is 5.56 Å². The summed E-state index contributed by atoms with van der Waals surface area (Å²) in [6.07, 6.45) is 0. The maximum Gasteiger partial charge on any atom is 0.417 e. The summed E-state index contributed by atoms with van der Waals surface area (Å²) >= 11 is 0. The SMILES string of the molecule is N#CCN1CC(c2ccc3[nH]c(=O)oc3c2)NC1=O. The van der Waals surface area contributed by atoms with E-state index in [9.17, 15) is 9.59 Å². The van der Waals surface area contributed by atoms with Crippen molar-refractivity contribution in [3.05, 3.63) is 34.3 Å². The van der Waals surface area contributed by atoms with Crippen molar-refractivity contribution in [2.45, 2.75) is 6.04 Å². The molecule has 1 unspecified atom stereocenters. The molecule has 1 fully saturated rings. The Balaban J connectivity index is 1.91. The Morgan fingerprint density at radius 1 is 1.47 bits per heavy atom. The van der Waals surface area contributed by atoms with Crippen LogP contribution in [0.4, 0.5) is 4.79 Å². The van der Waals surface area contributed by atoms with E-state index in [-0.39, 0.29) is 18.6 Å². The molecule has 2 N–H and O–H groups in total. The number of amides is 2. The zero-order valence-electron chi connectivity index (χ0n) is 9.84. The molecule has 2 heterocycles. The quantitative estimate of drug-likeness (QED) is 0.774. The Hall–Kier alpha value is -2.75. The van der Waals surface area contributed by atoms with Crippen molar-refractivity contribution >= 4 is 17.1 Å². The van der Waals surface area contributed by atoms with Crippen LogP contribution in [0.15, 0.2) is 27.4 Å². The fourth-order valence-corrected chi connectivity index (χ4v) is 2.18. The maximum absolute atomic E-state index is 11.6. The number of aromatic nitrogens is 1. The fourth-order valence-electron chi connectivity index (χ4n) is 2.18. The molecule has 1 aliphatic rings. The summed E-state index contributed by atoms with van der Waals surface area (Å²) in [5.74, 6) is -0.506. The number of oxazole rings is 1. The molecule has 0 bridgehead atoms. The van der Waals surface area contributed by atoms with E-state index in [2.05, 4.69) is 10.3 Å². The first-order valence-electron chi connectivity index (χ1n) is 5.72. The first-order valence-corrected chi connectivity index (χ1v) is 5.72. The van der Waals surface area contributed by atoms with Gasteiger partial charge in [0.05, 0.1) is 17.6 Å². The maximum atomic E-state index is 11.6. The van der Waals surface area contributed by atoms with Gasteiger partial charge in [-0.05, 0) is 17.7 Å². The van der Waals surface area contributed by atoms with Gasteiger partial charge in [-0.1, -0.05) is 6.07 Å². The number of rotatable bonds is 2. The Morgan fingerprint density at radius 3 is 3.11 bits per heavy atom. The second-order valence-corrected chi connectivity index (χ2v) is 4.31. The minimum atomic E-state index is -0.506. The van der Waals surface area contributed by atoms with Crippen LogP contribution < -0.4 is 11.1 Å². The van der Waals surface area contributed by atoms with E-state index in [4.69, 9.17) is 9.68 Å². The van der Waals surface area contributed by atoms with Crippen molar-refractivity contribution in [1.82, 2.24) is 15.2 Å². The van der Waals surface area contributed by atoms with Gasteiger partial charge in [0.25, 0.3) is 0 Å². The summed E-state index contributed by atoms with van der Waals surface area (Å²) in [7, 11) is 0.